The molecule has 0 aliphatic rings. The molecule has 0 aromatic rings. The first-order valence-corrected chi connectivity index (χ1v) is 8.50. The van der Waals surface area contributed by atoms with E-state index in [0.717, 1.165) is 19.1 Å². The van der Waals surface area contributed by atoms with Crippen molar-refractivity contribution >= 4 is 6.29 Å². The number of rotatable bonds is 15. The predicted octanol–water partition coefficient (Wildman–Crippen LogP) is 3.34. The van der Waals surface area contributed by atoms with Crippen LogP contribution >= 0.6 is 0 Å². The van der Waals surface area contributed by atoms with Gasteiger partial charge in [-0.2, -0.15) is 0 Å². The minimum Gasteiger partial charge on any atom is -1.00 e. The van der Waals surface area contributed by atoms with Gasteiger partial charge in [-0.05, 0) is 32.1 Å². The smallest absolute Gasteiger partial charge is 1.00 e. The summed E-state index contributed by atoms with van der Waals surface area (Å²) in [6.07, 6.45) is 23.6. The van der Waals surface area contributed by atoms with Gasteiger partial charge in [0.15, 0.2) is 0 Å². The van der Waals surface area contributed by atoms with Gasteiger partial charge in [0.2, 0.25) is 0 Å². The van der Waals surface area contributed by atoms with Crippen LogP contribution < -0.4 is 51.4 Å². The Hall–Kier alpha value is 1.05. The number of aldehydes is 1. The molecule has 0 saturated heterocycles. The third-order valence-corrected chi connectivity index (χ3v) is 3.58. The van der Waals surface area contributed by atoms with E-state index in [0.29, 0.717) is 0 Å². The van der Waals surface area contributed by atoms with Crippen molar-refractivity contribution in [3.8, 4) is 0 Å². The van der Waals surface area contributed by atoms with Crippen LogP contribution in [0, 0.1) is 0 Å². The van der Waals surface area contributed by atoms with Crippen molar-refractivity contribution in [1.29, 1.82) is 0 Å². The third kappa shape index (κ3) is 21.3. The first-order valence-electron chi connectivity index (χ1n) is 8.50. The molecule has 0 fully saturated rings. The van der Waals surface area contributed by atoms with E-state index in [1.165, 1.54) is 77.0 Å². The minimum atomic E-state index is 0. The normalized spacial score (nSPS) is 10.7. The van der Waals surface area contributed by atoms with Gasteiger partial charge in [-0.25, -0.2) is 0 Å². The Morgan fingerprint density at radius 3 is 1.50 bits per heavy atom. The molecule has 114 valence electrons. The zero-order chi connectivity index (χ0) is 14.0. The summed E-state index contributed by atoms with van der Waals surface area (Å²) in [5, 5.41) is 0. The molecule has 0 saturated carbocycles. The van der Waals surface area contributed by atoms with Gasteiger partial charge in [0.1, 0.15) is 6.29 Å². The predicted molar refractivity (Wildman–Crippen MR) is 86.6 cm³/mol. The molecule has 0 aliphatic carbocycles. The Morgan fingerprint density at radius 1 is 0.650 bits per heavy atom. The second kappa shape index (κ2) is 22.3. The van der Waals surface area contributed by atoms with E-state index in [1.54, 1.807) is 0 Å². The van der Waals surface area contributed by atoms with Gasteiger partial charge >= 0.3 is 51.4 Å². The zero-order valence-corrected chi connectivity index (χ0v) is 17.2. The maximum atomic E-state index is 10.1. The quantitative estimate of drug-likeness (QED) is 0.196. The topological polar surface area (TPSA) is 17.1 Å². The van der Waals surface area contributed by atoms with Crippen LogP contribution in [0.3, 0.4) is 0 Å². The van der Waals surface area contributed by atoms with E-state index in [-0.39, 0.29) is 52.8 Å². The van der Waals surface area contributed by atoms with Crippen LogP contribution in [0.5, 0.6) is 0 Å². The summed E-state index contributed by atoms with van der Waals surface area (Å²) >= 11 is 0. The van der Waals surface area contributed by atoms with E-state index >= 15 is 0 Å². The van der Waals surface area contributed by atoms with Crippen molar-refractivity contribution in [3.63, 3.8) is 0 Å². The first-order chi connectivity index (χ1) is 9.41. The van der Waals surface area contributed by atoms with Crippen molar-refractivity contribution in [2.75, 3.05) is 0 Å². The molecule has 0 aromatic heterocycles. The number of hydrogen-bond donors (Lipinski definition) is 0. The van der Waals surface area contributed by atoms with Crippen LogP contribution in [0.15, 0.2) is 12.2 Å². The average molecular weight is 307 g/mol. The summed E-state index contributed by atoms with van der Waals surface area (Å²) in [6, 6.07) is 0. The summed E-state index contributed by atoms with van der Waals surface area (Å²) in [4.78, 5) is 10.1. The van der Waals surface area contributed by atoms with Crippen LogP contribution in [0.25, 0.3) is 0 Å². The van der Waals surface area contributed by atoms with Gasteiger partial charge in [-0.3, -0.25) is 0 Å². The molecule has 0 bridgehead atoms. The molecule has 20 heavy (non-hydrogen) atoms. The number of allylic oxidation sites excluding steroid dienone is 2. The monoisotopic (exact) mass is 306 g/mol. The molecule has 0 aliphatic heterocycles. The minimum absolute atomic E-state index is 0. The van der Waals surface area contributed by atoms with Gasteiger partial charge < -0.3 is 6.22 Å². The van der Waals surface area contributed by atoms with Crippen molar-refractivity contribution in [2.24, 2.45) is 0 Å². The van der Waals surface area contributed by atoms with E-state index < -0.39 is 0 Å². The van der Waals surface area contributed by atoms with Gasteiger partial charge in [0.25, 0.3) is 0 Å². The Labute approximate surface area is 171 Å². The zero-order valence-electron chi connectivity index (χ0n) is 15.0. The second-order valence-corrected chi connectivity index (χ2v) is 5.54. The molecule has 1 nitrogen and oxygen atoms in total. The molecular weight excluding hydrogens is 271 g/mol. The maximum Gasteiger partial charge on any atom is 1.00 e. The molecule has 2 heteroatoms. The molecule has 0 rings (SSSR count). The van der Waals surface area contributed by atoms with Crippen molar-refractivity contribution in [2.45, 2.75) is 96.8 Å². The number of carbonyl (C=O) groups is 1. The van der Waals surface area contributed by atoms with Crippen LogP contribution in [-0.4, -0.2) is 6.29 Å². The first kappa shape index (κ1) is 23.3. The summed E-state index contributed by atoms with van der Waals surface area (Å²) in [7, 11) is 0. The Kier molecular flexibility index (Phi) is 26.0. The molecule has 0 atom stereocenters. The Balaban J connectivity index is -0.00000162. The summed E-state index contributed by atoms with van der Waals surface area (Å²) in [5.41, 5.74) is 0. The molecular formula is C18H35KO. The van der Waals surface area contributed by atoms with Gasteiger partial charge in [-0.1, -0.05) is 70.4 Å². The summed E-state index contributed by atoms with van der Waals surface area (Å²) in [6.45, 7) is 2.27. The van der Waals surface area contributed by atoms with E-state index in [4.69, 9.17) is 0 Å². The molecule has 0 spiro atoms. The second-order valence-electron chi connectivity index (χ2n) is 5.54. The largest absolute Gasteiger partial charge is 1.00 e. The molecule has 0 N–H and O–H groups in total. The summed E-state index contributed by atoms with van der Waals surface area (Å²) < 4.78 is 0. The van der Waals surface area contributed by atoms with Crippen molar-refractivity contribution in [1.82, 2.24) is 0 Å². The fourth-order valence-electron chi connectivity index (χ4n) is 2.30. The molecule has 0 amide bonds. The fourth-order valence-corrected chi connectivity index (χ4v) is 2.30. The van der Waals surface area contributed by atoms with Gasteiger partial charge in [-0.15, -0.1) is 0 Å². The molecule has 0 radical (unpaired) electrons. The van der Waals surface area contributed by atoms with Gasteiger partial charge in [0.05, 0.1) is 0 Å². The molecule has 0 aromatic carbocycles. The fraction of sp³-hybridized carbons (Fsp3) is 0.833. The van der Waals surface area contributed by atoms with Crippen molar-refractivity contribution in [3.05, 3.63) is 12.2 Å². The SMILES string of the molecule is CCCCCCCC/C=C\CCCCCCCC=O.[H-].[K+]. The Bertz CT molecular complexity index is 207. The van der Waals surface area contributed by atoms with Crippen LogP contribution in [-0.2, 0) is 4.79 Å². The van der Waals surface area contributed by atoms with E-state index in [9.17, 15) is 4.79 Å². The van der Waals surface area contributed by atoms with E-state index in [1.807, 2.05) is 0 Å². The standard InChI is InChI=1S/C18H34O.K.H/c1-2-3-4-5-6-7-8-9-10-11-12-13-14-15-16-17-18-19;;/h9-10,18H,2-8,11-17H2,1H3;;/q;+1;-1/b10-9-;;. The van der Waals surface area contributed by atoms with Crippen LogP contribution in [0.2, 0.25) is 0 Å². The van der Waals surface area contributed by atoms with Gasteiger partial charge in [0, 0.05) is 6.42 Å². The number of hydrogen-bond acceptors (Lipinski definition) is 1. The van der Waals surface area contributed by atoms with E-state index in [2.05, 4.69) is 19.1 Å². The van der Waals surface area contributed by atoms with Crippen LogP contribution in [0.1, 0.15) is 98.2 Å². The van der Waals surface area contributed by atoms with Crippen molar-refractivity contribution < 1.29 is 57.6 Å². The molecule has 0 unspecified atom stereocenters. The maximum absolute atomic E-state index is 10.1. The summed E-state index contributed by atoms with van der Waals surface area (Å²) in [5.74, 6) is 0. The number of unbranched alkanes of at least 4 members (excludes halogenated alkanes) is 12. The third-order valence-electron chi connectivity index (χ3n) is 3.58. The Morgan fingerprint density at radius 2 is 1.05 bits per heavy atom. The van der Waals surface area contributed by atoms with Crippen LogP contribution in [0.4, 0.5) is 0 Å². The average Bonchev–Trinajstić information content (AvgIpc) is 2.43. The molecule has 0 heterocycles. The number of carbonyl (C=O) groups excluding carboxylic acids is 1.